The lowest BCUT2D eigenvalue weighted by Crippen LogP contribution is -2.24. The molecule has 0 unspecified atom stereocenters. The molecule has 4 aromatic carbocycles. The normalized spacial score (nSPS) is 13.0. The lowest BCUT2D eigenvalue weighted by molar-refractivity contribution is -0.143. The van der Waals surface area contributed by atoms with Gasteiger partial charge in [-0.1, -0.05) is 74.5 Å². The zero-order valence-electron chi connectivity index (χ0n) is 37.0. The molecule has 338 valence electrons. The highest BCUT2D eigenvalue weighted by atomic mass is 16.6. The second-order valence-corrected chi connectivity index (χ2v) is 16.3. The highest BCUT2D eigenvalue weighted by Gasteiger charge is 2.33. The number of carboxylic acid groups (broad SMARTS) is 1. The number of amides is 2. The highest BCUT2D eigenvalue weighted by molar-refractivity contribution is 6.46. The number of primary amides is 2. The molecule has 0 saturated carbocycles. The highest BCUT2D eigenvalue weighted by Crippen LogP contribution is 2.43. The summed E-state index contributed by atoms with van der Waals surface area (Å²) >= 11 is 0. The van der Waals surface area contributed by atoms with Crippen LogP contribution in [-0.4, -0.2) is 69.9 Å². The van der Waals surface area contributed by atoms with E-state index in [1.807, 2.05) is 86.6 Å². The number of methoxy groups -OCH3 is 1. The number of esters is 1. The maximum Gasteiger partial charge on any atom is 0.343 e. The Hall–Kier alpha value is -7.22. The fraction of sp³-hybridized carbons (Fsp3) is 0.333. The van der Waals surface area contributed by atoms with Crippen molar-refractivity contribution in [2.24, 2.45) is 11.5 Å². The number of carbonyl (C=O) groups is 6. The number of benzene rings is 4. The number of nitrogens with zero attached hydrogens (tertiary/aromatic N) is 2. The number of nitrogens with two attached hydrogens (primary N) is 2. The molecule has 14 heteroatoms. The molecule has 2 amide bonds. The Morgan fingerprint density at radius 2 is 1.00 bits per heavy atom. The van der Waals surface area contributed by atoms with Gasteiger partial charge >= 0.3 is 11.9 Å². The molecular formula is C51H54N4O10. The van der Waals surface area contributed by atoms with Crippen LogP contribution in [-0.2, 0) is 75.5 Å². The molecule has 0 aliphatic heterocycles. The third-order valence-electron chi connectivity index (χ3n) is 12.3. The number of ketones is 2. The van der Waals surface area contributed by atoms with Gasteiger partial charge in [-0.25, -0.2) is 9.59 Å². The molecule has 0 bridgehead atoms. The van der Waals surface area contributed by atoms with Crippen LogP contribution in [0.15, 0.2) is 72.8 Å². The molecule has 2 aliphatic rings. The first-order valence-electron chi connectivity index (χ1n) is 22.1. The smallest absolute Gasteiger partial charge is 0.343 e. The van der Waals surface area contributed by atoms with Crippen LogP contribution in [0, 0.1) is 0 Å². The van der Waals surface area contributed by atoms with E-state index >= 15 is 0 Å². The zero-order chi connectivity index (χ0) is 46.4. The molecule has 0 fully saturated rings. The van der Waals surface area contributed by atoms with Crippen LogP contribution in [0.4, 0.5) is 0 Å². The second-order valence-electron chi connectivity index (χ2n) is 16.3. The number of fused-ring (bicyclic) bond motifs is 6. The van der Waals surface area contributed by atoms with Crippen LogP contribution in [0.2, 0.25) is 0 Å². The molecule has 0 saturated heterocycles. The van der Waals surface area contributed by atoms with Crippen molar-refractivity contribution in [2.75, 3.05) is 20.3 Å². The number of Topliss-reactive ketones (excluding diaryl/α,β-unsaturated/α-hetero) is 2. The molecule has 65 heavy (non-hydrogen) atoms. The van der Waals surface area contributed by atoms with Gasteiger partial charge in [-0.05, 0) is 110 Å². The maximum absolute atomic E-state index is 13.1. The first-order valence-corrected chi connectivity index (χ1v) is 22.1. The topological polar surface area (TPSA) is 212 Å². The van der Waals surface area contributed by atoms with Gasteiger partial charge in [-0.3, -0.25) is 19.2 Å². The fourth-order valence-corrected chi connectivity index (χ4v) is 9.53. The number of rotatable bonds is 16. The van der Waals surface area contributed by atoms with E-state index in [0.29, 0.717) is 53.9 Å². The summed E-state index contributed by atoms with van der Waals surface area (Å²) in [6.45, 7) is 4.11. The predicted octanol–water partition coefficient (Wildman–Crippen LogP) is 6.61. The largest absolute Gasteiger partial charge is 0.481 e. The summed E-state index contributed by atoms with van der Waals surface area (Å²) in [5.41, 5.74) is 21.2. The number of carbonyl (C=O) groups excluding carboxylic acids is 5. The zero-order valence-corrected chi connectivity index (χ0v) is 37.0. The summed E-state index contributed by atoms with van der Waals surface area (Å²) in [5, 5.41) is 10.2. The number of aromatic nitrogens is 2. The van der Waals surface area contributed by atoms with Gasteiger partial charge in [0.2, 0.25) is 0 Å². The molecule has 8 rings (SSSR count). The van der Waals surface area contributed by atoms with Crippen molar-refractivity contribution in [1.29, 1.82) is 0 Å². The van der Waals surface area contributed by atoms with Gasteiger partial charge in [-0.15, -0.1) is 0 Å². The van der Waals surface area contributed by atoms with Crippen molar-refractivity contribution in [3.8, 4) is 11.5 Å². The Balaban J connectivity index is 0.000000194. The van der Waals surface area contributed by atoms with E-state index in [0.717, 1.165) is 101 Å². The van der Waals surface area contributed by atoms with Gasteiger partial charge in [0.15, 0.2) is 13.2 Å². The minimum absolute atomic E-state index is 0.222. The molecule has 5 N–H and O–H groups in total. The van der Waals surface area contributed by atoms with E-state index in [9.17, 15) is 33.9 Å². The second kappa shape index (κ2) is 20.1. The minimum atomic E-state index is -1.11. The minimum Gasteiger partial charge on any atom is -0.481 e. The van der Waals surface area contributed by atoms with Crippen molar-refractivity contribution >= 4 is 57.1 Å². The van der Waals surface area contributed by atoms with E-state index < -0.39 is 41.9 Å². The number of aliphatic carboxylic acids is 1. The fourth-order valence-electron chi connectivity index (χ4n) is 9.53. The molecule has 2 heterocycles. The van der Waals surface area contributed by atoms with E-state index in [1.165, 1.54) is 7.11 Å². The van der Waals surface area contributed by atoms with E-state index in [1.54, 1.807) is 0 Å². The first kappa shape index (κ1) is 45.8. The number of hydrogen-bond acceptors (Lipinski definition) is 9. The number of carboxylic acids is 1. The van der Waals surface area contributed by atoms with Gasteiger partial charge in [0.25, 0.3) is 23.4 Å². The summed E-state index contributed by atoms with van der Waals surface area (Å²) in [6.07, 6.45) is 8.64. The average Bonchev–Trinajstić information content (AvgIpc) is 3.82. The SMILES string of the molecule is CCc1c(C(=O)C(N)=O)c2c(OCC(=O)O)cc3c(c2n1Cc1ccccc1)CCCC3.CCc1c(C(=O)C(N)=O)c2c(OCC(=O)OC)cc3c(c2n1Cc1ccccc1)CCCC3. The first-order chi connectivity index (χ1) is 31.4. The third kappa shape index (κ3) is 9.38. The summed E-state index contributed by atoms with van der Waals surface area (Å²) in [7, 11) is 1.29. The Morgan fingerprint density at radius 1 is 0.600 bits per heavy atom. The molecule has 2 aromatic heterocycles. The van der Waals surface area contributed by atoms with Gasteiger partial charge in [0.1, 0.15) is 11.5 Å². The molecule has 0 radical (unpaired) electrons. The van der Waals surface area contributed by atoms with Crippen LogP contribution in [0.25, 0.3) is 21.8 Å². The molecule has 2 aliphatic carbocycles. The molecule has 0 atom stereocenters. The summed E-state index contributed by atoms with van der Waals surface area (Å²) < 4.78 is 20.5. The number of ether oxygens (including phenoxy) is 3. The Labute approximate surface area is 376 Å². The van der Waals surface area contributed by atoms with Gasteiger partial charge in [-0.2, -0.15) is 0 Å². The maximum atomic E-state index is 13.1. The van der Waals surface area contributed by atoms with Crippen LogP contribution >= 0.6 is 0 Å². The van der Waals surface area contributed by atoms with Gasteiger partial charge in [0, 0.05) is 24.5 Å². The lowest BCUT2D eigenvalue weighted by atomic mass is 9.88. The van der Waals surface area contributed by atoms with Gasteiger partial charge < -0.3 is 39.9 Å². The van der Waals surface area contributed by atoms with Crippen molar-refractivity contribution in [2.45, 2.75) is 91.1 Å². The standard InChI is InChI=1S/C26H28N2O5.C25H26N2O5/c1-3-19-22(25(30)26(27)31)23-20(33-15-21(29)32-2)13-17-11-7-8-12-18(17)24(23)28(19)14-16-9-5-4-6-10-16;1-2-18-21(24(30)25(26)31)22-19(32-14-20(28)29)12-16-10-6-7-11-17(16)23(22)27(18)13-15-8-4-3-5-9-15/h4-6,9-10,13H,3,7-8,11-12,14-15H2,1-2H3,(H2,27,31);3-5,8-9,12H,2,6-7,10-11,13-14H2,1H3,(H2,26,31)(H,28,29). The third-order valence-corrected chi connectivity index (χ3v) is 12.3. The van der Waals surface area contributed by atoms with Crippen molar-refractivity contribution < 1.29 is 48.1 Å². The summed E-state index contributed by atoms with van der Waals surface area (Å²) in [4.78, 5) is 73.1. The van der Waals surface area contributed by atoms with Crippen LogP contribution < -0.4 is 20.9 Å². The average molecular weight is 883 g/mol. The van der Waals surface area contributed by atoms with Gasteiger partial charge in [0.05, 0.1) is 40.0 Å². The Morgan fingerprint density at radius 3 is 1.37 bits per heavy atom. The molecular weight excluding hydrogens is 829 g/mol. The quantitative estimate of drug-likeness (QED) is 0.0538. The van der Waals surface area contributed by atoms with Crippen molar-refractivity contribution in [3.05, 3.63) is 129 Å². The van der Waals surface area contributed by atoms with E-state index in [-0.39, 0.29) is 17.7 Å². The monoisotopic (exact) mass is 882 g/mol. The predicted molar refractivity (Wildman–Crippen MR) is 245 cm³/mol. The van der Waals surface area contributed by atoms with E-state index in [4.69, 9.17) is 25.7 Å². The molecule has 0 spiro atoms. The lowest BCUT2D eigenvalue weighted by Gasteiger charge is -2.21. The van der Waals surface area contributed by atoms with E-state index in [2.05, 4.69) is 9.13 Å². The summed E-state index contributed by atoms with van der Waals surface area (Å²) in [5.74, 6) is -4.50. The van der Waals surface area contributed by atoms with Crippen LogP contribution in [0.1, 0.15) is 105 Å². The summed E-state index contributed by atoms with van der Waals surface area (Å²) in [6, 6.07) is 23.6. The Bertz CT molecular complexity index is 2820. The van der Waals surface area contributed by atoms with Crippen LogP contribution in [0.5, 0.6) is 11.5 Å². The Kier molecular flexibility index (Phi) is 14.2. The van der Waals surface area contributed by atoms with Crippen LogP contribution in [0.3, 0.4) is 0 Å². The number of aryl methyl sites for hydroxylation is 4. The molecule has 14 nitrogen and oxygen atoms in total. The van der Waals surface area contributed by atoms with Crippen molar-refractivity contribution in [3.63, 3.8) is 0 Å². The molecule has 6 aromatic rings. The van der Waals surface area contributed by atoms with Crippen molar-refractivity contribution in [1.82, 2.24) is 9.13 Å². The number of hydrogen-bond donors (Lipinski definition) is 3.